The number of halogens is 1. The highest BCUT2D eigenvalue weighted by molar-refractivity contribution is 6.29. The highest BCUT2D eigenvalue weighted by atomic mass is 35.5. The number of carbonyl (C=O) groups excluding carboxylic acids is 2. The molecule has 0 radical (unpaired) electrons. The molecule has 0 saturated carbocycles. The van der Waals surface area contributed by atoms with E-state index in [1.165, 1.54) is 0 Å². The largest absolute Gasteiger partial charge is 0.474 e. The maximum Gasteiger partial charge on any atom is 0.410 e. The summed E-state index contributed by atoms with van der Waals surface area (Å²) in [6.07, 6.45) is 7.21. The quantitative estimate of drug-likeness (QED) is 0.113. The summed E-state index contributed by atoms with van der Waals surface area (Å²) in [5.41, 5.74) is 24.7. The third-order valence-corrected chi connectivity index (χ3v) is 14.7. The molecule has 6 fully saturated rings. The molecule has 9 N–H and O–H groups in total. The van der Waals surface area contributed by atoms with Crippen molar-refractivity contribution in [1.82, 2.24) is 65.0 Å². The van der Waals surface area contributed by atoms with Crippen LogP contribution in [0.2, 0.25) is 5.15 Å². The molecule has 5 aromatic heterocycles. The first-order valence-corrected chi connectivity index (χ1v) is 30.3. The monoisotopic (exact) mass is 1240 g/mol. The number of carbonyl (C=O) groups is 2. The predicted molar refractivity (Wildman–Crippen MR) is 329 cm³/mol. The van der Waals surface area contributed by atoms with Crippen LogP contribution in [-0.4, -0.2) is 220 Å². The summed E-state index contributed by atoms with van der Waals surface area (Å²) < 4.78 is 45.6. The fourth-order valence-electron chi connectivity index (χ4n) is 9.99. The molecule has 0 aliphatic carbocycles. The van der Waals surface area contributed by atoms with Crippen LogP contribution in [0, 0.1) is 0 Å². The third-order valence-electron chi connectivity index (χ3n) is 14.5. The van der Waals surface area contributed by atoms with Gasteiger partial charge in [0, 0.05) is 122 Å². The van der Waals surface area contributed by atoms with Gasteiger partial charge in [-0.1, -0.05) is 11.6 Å². The van der Waals surface area contributed by atoms with E-state index in [4.69, 9.17) is 72.4 Å². The van der Waals surface area contributed by atoms with E-state index in [9.17, 15) is 9.59 Å². The van der Waals surface area contributed by atoms with Gasteiger partial charge in [0.25, 0.3) is 0 Å². The number of anilines is 7. The fraction of sp³-hybridized carbons (Fsp3) is 0.614. The van der Waals surface area contributed by atoms with Crippen LogP contribution in [0.5, 0.6) is 17.6 Å². The summed E-state index contributed by atoms with van der Waals surface area (Å²) in [6.45, 7) is 23.4. The molecule has 0 unspecified atom stereocenters. The van der Waals surface area contributed by atoms with Gasteiger partial charge in [-0.3, -0.25) is 0 Å². The fourth-order valence-corrected chi connectivity index (χ4v) is 10.2. The number of rotatable bonds is 11. The van der Waals surface area contributed by atoms with Gasteiger partial charge in [0.1, 0.15) is 46.3 Å². The molecule has 6 aliphatic rings. The number of amides is 2. The van der Waals surface area contributed by atoms with Crippen molar-refractivity contribution in [2.75, 3.05) is 156 Å². The zero-order valence-electron chi connectivity index (χ0n) is 51.1. The molecule has 478 valence electrons. The minimum Gasteiger partial charge on any atom is -0.474 e. The van der Waals surface area contributed by atoms with E-state index in [0.717, 1.165) is 52.1 Å². The molecule has 5 aromatic rings. The SMILES string of the molecule is CC(C)(C)OC(=O)N1CCC(Oc2cc(-c3cnc(N)nc3N)nc(N3CCOCC3)n2)CC1.CC(C)(C)OC(=O)N1CCC(Oc2cc(Cl)nc(N3CCOCC3)n2)CC1.Nc1ncc(-c2cc(OC3CCNCC3)nc(N3CCOCC3)n2)c(N)n1. The topological polar surface area (TPSA) is 369 Å². The molecule has 0 spiro atoms. The molecule has 88 heavy (non-hydrogen) atoms. The minimum atomic E-state index is -0.522. The summed E-state index contributed by atoms with van der Waals surface area (Å²) in [7, 11) is 0. The number of hydrogen-bond donors (Lipinski definition) is 5. The summed E-state index contributed by atoms with van der Waals surface area (Å²) in [4.78, 5) is 77.7. The van der Waals surface area contributed by atoms with Gasteiger partial charge in [-0.2, -0.15) is 24.9 Å². The van der Waals surface area contributed by atoms with E-state index in [0.29, 0.717) is 168 Å². The second-order valence-electron chi connectivity index (χ2n) is 23.6. The lowest BCUT2D eigenvalue weighted by Gasteiger charge is -2.33. The molecule has 11 rings (SSSR count). The Hall–Kier alpha value is -7.93. The van der Waals surface area contributed by atoms with Crippen LogP contribution in [0.3, 0.4) is 0 Å². The number of ether oxygens (including phenoxy) is 8. The van der Waals surface area contributed by atoms with Crippen molar-refractivity contribution in [2.45, 2.75) is 110 Å². The van der Waals surface area contributed by atoms with Crippen molar-refractivity contribution in [3.8, 4) is 40.2 Å². The molecule has 11 heterocycles. The lowest BCUT2D eigenvalue weighted by molar-refractivity contribution is 0.0111. The summed E-state index contributed by atoms with van der Waals surface area (Å²) in [5.74, 6) is 3.84. The van der Waals surface area contributed by atoms with Gasteiger partial charge in [-0.05, 0) is 67.5 Å². The minimum absolute atomic E-state index is 0.0211. The van der Waals surface area contributed by atoms with E-state index < -0.39 is 11.2 Å². The number of morpholine rings is 3. The lowest BCUT2D eigenvalue weighted by atomic mass is 10.1. The molecule has 0 atom stereocenters. The normalized spacial score (nSPS) is 18.3. The van der Waals surface area contributed by atoms with Gasteiger partial charge < -0.3 is 90.6 Å². The number of aromatic nitrogens is 10. The predicted octanol–water partition coefficient (Wildman–Crippen LogP) is 4.52. The Labute approximate surface area is 517 Å². The highest BCUT2D eigenvalue weighted by Crippen LogP contribution is 2.32. The molecule has 6 saturated heterocycles. The van der Waals surface area contributed by atoms with Crippen molar-refractivity contribution < 1.29 is 47.5 Å². The van der Waals surface area contributed by atoms with Gasteiger partial charge >= 0.3 is 12.2 Å². The zero-order chi connectivity index (χ0) is 62.4. The Morgan fingerprint density at radius 2 is 0.830 bits per heavy atom. The molecule has 30 nitrogen and oxygen atoms in total. The average molecular weight is 1240 g/mol. The first-order chi connectivity index (χ1) is 42.2. The van der Waals surface area contributed by atoms with Gasteiger partial charge in [0.05, 0.1) is 62.2 Å². The maximum atomic E-state index is 12.3. The lowest BCUT2D eigenvalue weighted by Crippen LogP contribution is -2.44. The van der Waals surface area contributed by atoms with E-state index in [1.54, 1.807) is 40.4 Å². The number of nitrogens with two attached hydrogens (primary N) is 4. The van der Waals surface area contributed by atoms with Crippen LogP contribution < -0.4 is 57.2 Å². The second kappa shape index (κ2) is 29.8. The Kier molecular flexibility index (Phi) is 21.9. The third kappa shape index (κ3) is 19.0. The Bertz CT molecular complexity index is 3100. The van der Waals surface area contributed by atoms with E-state index in [2.05, 4.69) is 60.1 Å². The molecule has 0 aromatic carbocycles. The molecular formula is C57H83ClN20O10. The van der Waals surface area contributed by atoms with Crippen LogP contribution in [0.4, 0.5) is 51.0 Å². The average Bonchev–Trinajstić information content (AvgIpc) is 2.81. The van der Waals surface area contributed by atoms with Crippen molar-refractivity contribution in [1.29, 1.82) is 0 Å². The van der Waals surface area contributed by atoms with E-state index >= 15 is 0 Å². The number of nitrogen functional groups attached to an aromatic ring is 4. The van der Waals surface area contributed by atoms with Gasteiger partial charge in [-0.15, -0.1) is 0 Å². The smallest absolute Gasteiger partial charge is 0.410 e. The zero-order valence-corrected chi connectivity index (χ0v) is 51.8. The molecule has 0 bridgehead atoms. The van der Waals surface area contributed by atoms with Crippen molar-refractivity contribution >= 4 is 65.2 Å². The van der Waals surface area contributed by atoms with Crippen LogP contribution in [0.15, 0.2) is 30.6 Å². The van der Waals surface area contributed by atoms with Crippen molar-refractivity contribution in [3.63, 3.8) is 0 Å². The maximum absolute atomic E-state index is 12.3. The van der Waals surface area contributed by atoms with E-state index in [-0.39, 0.29) is 54.0 Å². The summed E-state index contributed by atoms with van der Waals surface area (Å²) in [5, 5.41) is 3.69. The van der Waals surface area contributed by atoms with Crippen LogP contribution >= 0.6 is 11.6 Å². The number of nitrogens with zero attached hydrogens (tertiary/aromatic N) is 15. The summed E-state index contributed by atoms with van der Waals surface area (Å²) in [6, 6.07) is 5.15. The standard InChI is InChI=1S/C22H32N8O4.C18H27ClN4O4.C17H24N8O2/c1-22(2,3)34-21(31)30-6-4-14(5-7-30)33-17-12-16(15-13-25-19(24)28-18(15)23)26-20(27-17)29-8-10-32-11-9-29;1-18(2,3)27-17(24)23-6-4-13(5-7-23)26-15-12-14(19)20-16(21-15)22-8-10-25-11-9-22;18-15-12(10-21-16(19)24-15)13-9-14(27-11-1-3-20-4-2-11)23-17(22-13)25-5-7-26-8-6-25/h12-14H,4-11H2,1-3H3,(H4,23,24,25,28);12-13H,4-11H2,1-3H3;9-11,20H,1-8H2,(H4,18,19,21,24). The Morgan fingerprint density at radius 1 is 0.489 bits per heavy atom. The first-order valence-electron chi connectivity index (χ1n) is 29.9. The Morgan fingerprint density at radius 3 is 1.18 bits per heavy atom. The number of hydrogen-bond acceptors (Lipinski definition) is 28. The van der Waals surface area contributed by atoms with Crippen LogP contribution in [-0.2, 0) is 23.7 Å². The van der Waals surface area contributed by atoms with E-state index in [1.807, 2.05) is 51.3 Å². The van der Waals surface area contributed by atoms with Crippen molar-refractivity contribution in [3.05, 3.63) is 35.7 Å². The van der Waals surface area contributed by atoms with Crippen LogP contribution in [0.25, 0.3) is 22.5 Å². The molecular weight excluding hydrogens is 1160 g/mol. The van der Waals surface area contributed by atoms with Gasteiger partial charge in [0.15, 0.2) is 0 Å². The number of nitrogens with one attached hydrogen (secondary N) is 1. The molecule has 2 amide bonds. The number of likely N-dealkylation sites (tertiary alicyclic amines) is 2. The summed E-state index contributed by atoms with van der Waals surface area (Å²) >= 11 is 6.15. The highest BCUT2D eigenvalue weighted by Gasteiger charge is 2.31. The second-order valence-corrected chi connectivity index (χ2v) is 24.0. The van der Waals surface area contributed by atoms with Crippen LogP contribution in [0.1, 0.15) is 80.1 Å². The van der Waals surface area contributed by atoms with Gasteiger partial charge in [-0.25, -0.2) is 34.5 Å². The first kappa shape index (κ1) is 64.5. The van der Waals surface area contributed by atoms with Gasteiger partial charge in [0.2, 0.25) is 47.4 Å². The molecule has 6 aliphatic heterocycles. The number of piperidine rings is 3. The van der Waals surface area contributed by atoms with Crippen molar-refractivity contribution in [2.24, 2.45) is 0 Å². The Balaban J connectivity index is 0.000000159. The molecule has 31 heteroatoms.